The normalized spacial score (nSPS) is 30.5. The highest BCUT2D eigenvalue weighted by Crippen LogP contribution is 2.43. The van der Waals surface area contributed by atoms with Crippen molar-refractivity contribution in [1.29, 1.82) is 0 Å². The molecule has 4 rings (SSSR count). The zero-order valence-corrected chi connectivity index (χ0v) is 14.6. The Balaban J connectivity index is 1.55. The van der Waals surface area contributed by atoms with Crippen LogP contribution in [0.25, 0.3) is 0 Å². The standard InChI is InChI=1S/C18H21N3O2S/c1-3-11(2)21-17-12-8-16(24-18(12)20-10-19-17)15-9-22-13-6-4-5-7-14(13)23-15/h4-8,10-12,15,18H,3,9H2,1-2H3,(H,19,20,21)/t11-,12-,15+,18+/m1/s1. The fourth-order valence-electron chi connectivity index (χ4n) is 2.92. The highest BCUT2D eigenvalue weighted by atomic mass is 32.2. The lowest BCUT2D eigenvalue weighted by Crippen LogP contribution is -2.38. The van der Waals surface area contributed by atoms with E-state index >= 15 is 0 Å². The molecule has 0 spiro atoms. The molecule has 0 bridgehead atoms. The van der Waals surface area contributed by atoms with Crippen LogP contribution in [0.5, 0.6) is 11.5 Å². The maximum absolute atomic E-state index is 6.13. The number of aliphatic imine (C=N–C) groups is 2. The van der Waals surface area contributed by atoms with Crippen LogP contribution in [-0.2, 0) is 0 Å². The molecule has 126 valence electrons. The van der Waals surface area contributed by atoms with E-state index in [0.29, 0.717) is 12.6 Å². The second-order valence-corrected chi connectivity index (χ2v) is 7.35. The Kier molecular flexibility index (Phi) is 4.22. The molecule has 0 amide bonds. The molecule has 6 heteroatoms. The van der Waals surface area contributed by atoms with Gasteiger partial charge in [0.1, 0.15) is 17.8 Å². The number of fused-ring (bicyclic) bond motifs is 2. The fourth-order valence-corrected chi connectivity index (χ4v) is 4.16. The van der Waals surface area contributed by atoms with E-state index in [0.717, 1.165) is 23.8 Å². The first kappa shape index (κ1) is 15.6. The maximum Gasteiger partial charge on any atom is 0.163 e. The van der Waals surface area contributed by atoms with Crippen molar-refractivity contribution < 1.29 is 9.47 Å². The highest BCUT2D eigenvalue weighted by Gasteiger charge is 2.38. The summed E-state index contributed by atoms with van der Waals surface area (Å²) in [6.07, 6.45) is 4.96. The van der Waals surface area contributed by atoms with E-state index in [4.69, 9.17) is 14.5 Å². The molecule has 3 aliphatic rings. The summed E-state index contributed by atoms with van der Waals surface area (Å²) in [4.78, 5) is 10.5. The van der Waals surface area contributed by atoms with Gasteiger partial charge in [0.05, 0.1) is 12.3 Å². The molecule has 0 aromatic heterocycles. The van der Waals surface area contributed by atoms with Crippen molar-refractivity contribution in [3.63, 3.8) is 0 Å². The Bertz CT molecular complexity index is 716. The first-order valence-corrected chi connectivity index (χ1v) is 9.25. The smallest absolute Gasteiger partial charge is 0.163 e. The Labute approximate surface area is 146 Å². The van der Waals surface area contributed by atoms with Crippen LogP contribution in [0.15, 0.2) is 45.2 Å². The number of hydrogen-bond acceptors (Lipinski definition) is 5. The SMILES string of the molecule is CC[C@@H](C)N=C1NC=N[C@H]2SC([C@@H]3COc4ccccc4O3)=C[C@H]12. The van der Waals surface area contributed by atoms with Crippen molar-refractivity contribution in [3.05, 3.63) is 35.2 Å². The molecule has 1 aromatic rings. The average molecular weight is 343 g/mol. The number of nitrogens with zero attached hydrogens (tertiary/aromatic N) is 2. The molecule has 3 aliphatic heterocycles. The van der Waals surface area contributed by atoms with Crippen LogP contribution >= 0.6 is 11.8 Å². The number of nitrogens with one attached hydrogen (secondary N) is 1. The van der Waals surface area contributed by atoms with Gasteiger partial charge in [-0.2, -0.15) is 0 Å². The van der Waals surface area contributed by atoms with Gasteiger partial charge in [0.15, 0.2) is 17.6 Å². The summed E-state index contributed by atoms with van der Waals surface area (Å²) < 4.78 is 12.0. The van der Waals surface area contributed by atoms with Gasteiger partial charge in [-0.25, -0.2) is 0 Å². The minimum absolute atomic E-state index is 0.0736. The lowest BCUT2D eigenvalue weighted by atomic mass is 10.1. The third kappa shape index (κ3) is 2.90. The second-order valence-electron chi connectivity index (χ2n) is 6.16. The minimum Gasteiger partial charge on any atom is -0.485 e. The number of hydrogen-bond donors (Lipinski definition) is 1. The lowest BCUT2D eigenvalue weighted by Gasteiger charge is -2.27. The molecule has 0 radical (unpaired) electrons. The van der Waals surface area contributed by atoms with Crippen molar-refractivity contribution >= 4 is 23.9 Å². The molecule has 1 aromatic carbocycles. The van der Waals surface area contributed by atoms with Crippen molar-refractivity contribution in [2.24, 2.45) is 15.9 Å². The Hall–Kier alpha value is -1.95. The predicted octanol–water partition coefficient (Wildman–Crippen LogP) is 3.23. The molecule has 3 heterocycles. The Morgan fingerprint density at radius 2 is 2.21 bits per heavy atom. The molecular formula is C18H21N3O2S. The molecule has 1 N–H and O–H groups in total. The van der Waals surface area contributed by atoms with Gasteiger partial charge in [-0.05, 0) is 25.5 Å². The number of rotatable bonds is 3. The number of amidine groups is 1. The summed E-state index contributed by atoms with van der Waals surface area (Å²) in [6.45, 7) is 4.82. The van der Waals surface area contributed by atoms with Crippen LogP contribution in [0.1, 0.15) is 20.3 Å². The molecule has 4 atom stereocenters. The second kappa shape index (κ2) is 6.51. The minimum atomic E-state index is -0.0736. The molecular weight excluding hydrogens is 322 g/mol. The first-order chi connectivity index (χ1) is 11.7. The van der Waals surface area contributed by atoms with Gasteiger partial charge in [0.2, 0.25) is 0 Å². The number of thioether (sulfide) groups is 1. The van der Waals surface area contributed by atoms with E-state index in [-0.39, 0.29) is 17.4 Å². The number of ether oxygens (including phenoxy) is 2. The van der Waals surface area contributed by atoms with Gasteiger partial charge in [-0.15, -0.1) is 0 Å². The van der Waals surface area contributed by atoms with E-state index in [1.807, 2.05) is 24.3 Å². The number of para-hydroxylation sites is 2. The Morgan fingerprint density at radius 1 is 1.38 bits per heavy atom. The van der Waals surface area contributed by atoms with Gasteiger partial charge >= 0.3 is 0 Å². The van der Waals surface area contributed by atoms with Crippen LogP contribution < -0.4 is 14.8 Å². The quantitative estimate of drug-likeness (QED) is 0.915. The lowest BCUT2D eigenvalue weighted by molar-refractivity contribution is 0.120. The monoisotopic (exact) mass is 343 g/mol. The van der Waals surface area contributed by atoms with Crippen molar-refractivity contribution in [2.45, 2.75) is 37.8 Å². The van der Waals surface area contributed by atoms with Crippen LogP contribution in [0.3, 0.4) is 0 Å². The van der Waals surface area contributed by atoms with Crippen molar-refractivity contribution in [1.82, 2.24) is 5.32 Å². The van der Waals surface area contributed by atoms with E-state index in [2.05, 4.69) is 30.2 Å². The third-order valence-corrected chi connectivity index (χ3v) is 5.76. The molecule has 0 fully saturated rings. The van der Waals surface area contributed by atoms with Crippen LogP contribution in [0, 0.1) is 5.92 Å². The molecule has 24 heavy (non-hydrogen) atoms. The van der Waals surface area contributed by atoms with E-state index in [9.17, 15) is 0 Å². The predicted molar refractivity (Wildman–Crippen MR) is 98.1 cm³/mol. The van der Waals surface area contributed by atoms with Gasteiger partial charge in [-0.3, -0.25) is 9.98 Å². The zero-order valence-electron chi connectivity index (χ0n) is 13.8. The van der Waals surface area contributed by atoms with E-state index in [1.165, 1.54) is 4.91 Å². The van der Waals surface area contributed by atoms with Gasteiger partial charge < -0.3 is 14.8 Å². The first-order valence-electron chi connectivity index (χ1n) is 8.37. The van der Waals surface area contributed by atoms with Crippen molar-refractivity contribution in [3.8, 4) is 11.5 Å². The number of benzene rings is 1. The summed E-state index contributed by atoms with van der Waals surface area (Å²) in [6, 6.07) is 8.12. The summed E-state index contributed by atoms with van der Waals surface area (Å²) in [5.74, 6) is 2.81. The summed E-state index contributed by atoms with van der Waals surface area (Å²) in [7, 11) is 0. The van der Waals surface area contributed by atoms with E-state index < -0.39 is 0 Å². The average Bonchev–Trinajstić information content (AvgIpc) is 3.06. The fraction of sp³-hybridized carbons (Fsp3) is 0.444. The van der Waals surface area contributed by atoms with E-state index in [1.54, 1.807) is 18.1 Å². The van der Waals surface area contributed by atoms with Crippen LogP contribution in [-0.4, -0.2) is 36.3 Å². The topological polar surface area (TPSA) is 55.2 Å². The Morgan fingerprint density at radius 3 is 3.04 bits per heavy atom. The molecule has 0 saturated carbocycles. The third-order valence-electron chi connectivity index (χ3n) is 4.43. The van der Waals surface area contributed by atoms with Gasteiger partial charge in [0.25, 0.3) is 0 Å². The van der Waals surface area contributed by atoms with Crippen LogP contribution in [0.2, 0.25) is 0 Å². The molecule has 5 nitrogen and oxygen atoms in total. The summed E-state index contributed by atoms with van der Waals surface area (Å²) in [5, 5.41) is 3.37. The van der Waals surface area contributed by atoms with Crippen LogP contribution in [0.4, 0.5) is 0 Å². The largest absolute Gasteiger partial charge is 0.485 e. The van der Waals surface area contributed by atoms with Gasteiger partial charge in [-0.1, -0.05) is 36.9 Å². The summed E-state index contributed by atoms with van der Waals surface area (Å²) >= 11 is 1.75. The highest BCUT2D eigenvalue weighted by molar-refractivity contribution is 8.04. The molecule has 0 saturated heterocycles. The maximum atomic E-state index is 6.13. The van der Waals surface area contributed by atoms with Gasteiger partial charge in [0, 0.05) is 10.9 Å². The zero-order chi connectivity index (χ0) is 16.5. The van der Waals surface area contributed by atoms with Crippen molar-refractivity contribution in [2.75, 3.05) is 6.61 Å². The molecule has 0 aliphatic carbocycles. The molecule has 0 unspecified atom stereocenters. The summed E-state index contributed by atoms with van der Waals surface area (Å²) in [5.41, 5.74) is 0.